The molecule has 1 heterocycles. The summed E-state index contributed by atoms with van der Waals surface area (Å²) in [6, 6.07) is 11.6. The zero-order valence-corrected chi connectivity index (χ0v) is 16.8. The van der Waals surface area contributed by atoms with E-state index in [0.29, 0.717) is 50.3 Å². The van der Waals surface area contributed by atoms with E-state index in [1.165, 1.54) is 30.3 Å². The molecule has 9 heteroatoms. The number of hydrogen-bond donors (Lipinski definition) is 1. The van der Waals surface area contributed by atoms with Crippen molar-refractivity contribution in [1.82, 2.24) is 10.2 Å². The van der Waals surface area contributed by atoms with Gasteiger partial charge in [0.15, 0.2) is 0 Å². The van der Waals surface area contributed by atoms with Crippen LogP contribution in [0.25, 0.3) is 0 Å². The number of ether oxygens (including phenoxy) is 2. The highest BCUT2D eigenvalue weighted by atomic mass is 19.4. The molecule has 0 spiro atoms. The first kappa shape index (κ1) is 22.9. The Morgan fingerprint density at radius 2 is 1.81 bits per heavy atom. The highest BCUT2D eigenvalue weighted by molar-refractivity contribution is 5.78. The van der Waals surface area contributed by atoms with E-state index in [0.717, 1.165) is 0 Å². The normalized spacial score (nSPS) is 16.6. The third-order valence-corrected chi connectivity index (χ3v) is 5.01. The van der Waals surface area contributed by atoms with Crippen molar-refractivity contribution in [3.8, 4) is 11.5 Å². The summed E-state index contributed by atoms with van der Waals surface area (Å²) >= 11 is 0. The number of amides is 1. The summed E-state index contributed by atoms with van der Waals surface area (Å²) in [5.74, 6) is -0.111. The minimum atomic E-state index is -4.79. The van der Waals surface area contributed by atoms with Gasteiger partial charge < -0.3 is 19.7 Å². The molecule has 0 radical (unpaired) electrons. The maximum absolute atomic E-state index is 12.9. The van der Waals surface area contributed by atoms with Crippen LogP contribution >= 0.6 is 0 Å². The molecule has 1 atom stereocenters. The fraction of sp³-hybridized carbons (Fsp3) is 0.409. The molecular weight excluding hydrogens is 416 g/mol. The summed E-state index contributed by atoms with van der Waals surface area (Å²) in [6.07, 6.45) is -3.08. The van der Waals surface area contributed by atoms with Crippen LogP contribution < -0.4 is 14.8 Å². The number of para-hydroxylation sites is 1. The SMILES string of the molecule is O=C1CC[C@H](CCNCCOc2ccc(F)cc2)N1Cc1ccccc1OC(F)(F)F. The van der Waals surface area contributed by atoms with Gasteiger partial charge in [-0.2, -0.15) is 0 Å². The quantitative estimate of drug-likeness (QED) is 0.443. The summed E-state index contributed by atoms with van der Waals surface area (Å²) in [7, 11) is 0. The van der Waals surface area contributed by atoms with Gasteiger partial charge in [0.25, 0.3) is 0 Å². The topological polar surface area (TPSA) is 50.8 Å². The number of nitrogens with zero attached hydrogens (tertiary/aromatic N) is 1. The molecule has 1 fully saturated rings. The van der Waals surface area contributed by atoms with Crippen molar-refractivity contribution < 1.29 is 31.8 Å². The molecule has 5 nitrogen and oxygen atoms in total. The third-order valence-electron chi connectivity index (χ3n) is 5.01. The van der Waals surface area contributed by atoms with Crippen LogP contribution in [0.15, 0.2) is 48.5 Å². The first-order valence-corrected chi connectivity index (χ1v) is 10.0. The largest absolute Gasteiger partial charge is 0.573 e. The van der Waals surface area contributed by atoms with E-state index in [9.17, 15) is 22.4 Å². The molecule has 0 saturated carbocycles. The Morgan fingerprint density at radius 1 is 1.06 bits per heavy atom. The van der Waals surface area contributed by atoms with Gasteiger partial charge >= 0.3 is 6.36 Å². The number of hydrogen-bond acceptors (Lipinski definition) is 4. The van der Waals surface area contributed by atoms with Gasteiger partial charge in [0.1, 0.15) is 23.9 Å². The van der Waals surface area contributed by atoms with Crippen molar-refractivity contribution in [2.45, 2.75) is 38.2 Å². The smallest absolute Gasteiger partial charge is 0.492 e. The molecule has 31 heavy (non-hydrogen) atoms. The van der Waals surface area contributed by atoms with Crippen LogP contribution in [0.1, 0.15) is 24.8 Å². The molecule has 2 aromatic carbocycles. The second-order valence-corrected chi connectivity index (χ2v) is 7.21. The van der Waals surface area contributed by atoms with Crippen molar-refractivity contribution in [3.63, 3.8) is 0 Å². The number of likely N-dealkylation sites (tertiary alicyclic amines) is 1. The van der Waals surface area contributed by atoms with Crippen LogP contribution in [-0.4, -0.2) is 42.9 Å². The average Bonchev–Trinajstić information content (AvgIpc) is 3.06. The van der Waals surface area contributed by atoms with Crippen LogP contribution in [0.2, 0.25) is 0 Å². The summed E-state index contributed by atoms with van der Waals surface area (Å²) < 4.78 is 60.4. The van der Waals surface area contributed by atoms with Crippen molar-refractivity contribution in [2.24, 2.45) is 0 Å². The van der Waals surface area contributed by atoms with E-state index < -0.39 is 6.36 Å². The molecular formula is C22H24F4N2O3. The van der Waals surface area contributed by atoms with Crippen molar-refractivity contribution in [2.75, 3.05) is 19.7 Å². The highest BCUT2D eigenvalue weighted by Gasteiger charge is 2.34. The second kappa shape index (κ2) is 10.5. The van der Waals surface area contributed by atoms with Gasteiger partial charge in [-0.15, -0.1) is 13.2 Å². The monoisotopic (exact) mass is 440 g/mol. The van der Waals surface area contributed by atoms with Crippen LogP contribution in [0.5, 0.6) is 11.5 Å². The summed E-state index contributed by atoms with van der Waals surface area (Å²) in [4.78, 5) is 13.9. The number of halogens is 4. The molecule has 0 aliphatic carbocycles. The van der Waals surface area contributed by atoms with Gasteiger partial charge in [0, 0.05) is 31.1 Å². The molecule has 3 rings (SSSR count). The number of rotatable bonds is 10. The van der Waals surface area contributed by atoms with Crippen molar-refractivity contribution >= 4 is 5.91 Å². The number of benzene rings is 2. The number of carbonyl (C=O) groups is 1. The van der Waals surface area contributed by atoms with Crippen LogP contribution in [0.4, 0.5) is 17.6 Å². The number of alkyl halides is 3. The number of carbonyl (C=O) groups excluding carboxylic acids is 1. The van der Waals surface area contributed by atoms with Gasteiger partial charge in [-0.05, 0) is 49.7 Å². The van der Waals surface area contributed by atoms with E-state index in [4.69, 9.17) is 4.74 Å². The zero-order valence-electron chi connectivity index (χ0n) is 16.8. The Hall–Kier alpha value is -2.81. The average molecular weight is 440 g/mol. The first-order valence-electron chi connectivity index (χ1n) is 10.0. The van der Waals surface area contributed by atoms with E-state index in [2.05, 4.69) is 10.1 Å². The maximum atomic E-state index is 12.9. The first-order chi connectivity index (χ1) is 14.8. The Balaban J connectivity index is 1.45. The van der Waals surface area contributed by atoms with Gasteiger partial charge in [0.2, 0.25) is 5.91 Å². The molecule has 1 amide bonds. The molecule has 2 aromatic rings. The number of nitrogens with one attached hydrogen (secondary N) is 1. The lowest BCUT2D eigenvalue weighted by Gasteiger charge is -2.26. The minimum Gasteiger partial charge on any atom is -0.492 e. The molecule has 1 saturated heterocycles. The Kier molecular flexibility index (Phi) is 7.73. The minimum absolute atomic E-state index is 0.0584. The van der Waals surface area contributed by atoms with Gasteiger partial charge in [0.05, 0.1) is 0 Å². The summed E-state index contributed by atoms with van der Waals surface area (Å²) in [5, 5.41) is 3.23. The molecule has 1 N–H and O–H groups in total. The summed E-state index contributed by atoms with van der Waals surface area (Å²) in [6.45, 7) is 1.67. The van der Waals surface area contributed by atoms with E-state index in [1.807, 2.05) is 0 Å². The standard InChI is InChI=1S/C22H24F4N2O3/c23-17-5-8-19(9-6-17)30-14-13-27-12-11-18-7-10-21(29)28(18)15-16-3-1-2-4-20(16)31-22(24,25)26/h1-6,8-9,18,27H,7,10-15H2/t18-/m1/s1. The Morgan fingerprint density at radius 3 is 2.55 bits per heavy atom. The van der Waals surface area contributed by atoms with Crippen molar-refractivity contribution in [3.05, 3.63) is 59.9 Å². The highest BCUT2D eigenvalue weighted by Crippen LogP contribution is 2.30. The third kappa shape index (κ3) is 7.13. The Labute approximate surface area is 177 Å². The molecule has 168 valence electrons. The molecule has 0 unspecified atom stereocenters. The maximum Gasteiger partial charge on any atom is 0.573 e. The zero-order chi connectivity index (χ0) is 22.3. The summed E-state index contributed by atoms with van der Waals surface area (Å²) in [5.41, 5.74) is 0.320. The Bertz CT molecular complexity index is 859. The lowest BCUT2D eigenvalue weighted by molar-refractivity contribution is -0.275. The molecule has 1 aliphatic rings. The van der Waals surface area contributed by atoms with E-state index >= 15 is 0 Å². The predicted molar refractivity (Wildman–Crippen MR) is 106 cm³/mol. The van der Waals surface area contributed by atoms with Gasteiger partial charge in [-0.3, -0.25) is 4.79 Å². The van der Waals surface area contributed by atoms with Crippen molar-refractivity contribution in [1.29, 1.82) is 0 Å². The van der Waals surface area contributed by atoms with E-state index in [1.54, 1.807) is 23.1 Å². The van der Waals surface area contributed by atoms with Crippen LogP contribution in [-0.2, 0) is 11.3 Å². The second-order valence-electron chi connectivity index (χ2n) is 7.21. The fourth-order valence-corrected chi connectivity index (χ4v) is 3.52. The fourth-order valence-electron chi connectivity index (χ4n) is 3.52. The van der Waals surface area contributed by atoms with Gasteiger partial charge in [-0.1, -0.05) is 18.2 Å². The van der Waals surface area contributed by atoms with Crippen LogP contribution in [0.3, 0.4) is 0 Å². The molecule has 1 aliphatic heterocycles. The van der Waals surface area contributed by atoms with E-state index in [-0.39, 0.29) is 30.1 Å². The lowest BCUT2D eigenvalue weighted by atomic mass is 10.1. The molecule has 0 bridgehead atoms. The molecule has 0 aromatic heterocycles. The van der Waals surface area contributed by atoms with Crippen LogP contribution in [0, 0.1) is 5.82 Å². The predicted octanol–water partition coefficient (Wildman–Crippen LogP) is 4.27. The lowest BCUT2D eigenvalue weighted by Crippen LogP contribution is -2.35. The van der Waals surface area contributed by atoms with Gasteiger partial charge in [-0.25, -0.2) is 4.39 Å².